The predicted octanol–water partition coefficient (Wildman–Crippen LogP) is 2.48. The molecule has 0 bridgehead atoms. The molecule has 1 aliphatic rings. The first-order valence-electron chi connectivity index (χ1n) is 6.85. The van der Waals surface area contributed by atoms with E-state index in [1.54, 1.807) is 0 Å². The average Bonchev–Trinajstić information content (AvgIpc) is 2.94. The van der Waals surface area contributed by atoms with Gasteiger partial charge in [-0.1, -0.05) is 17.3 Å². The van der Waals surface area contributed by atoms with Gasteiger partial charge < -0.3 is 4.52 Å². The van der Waals surface area contributed by atoms with Gasteiger partial charge in [0.15, 0.2) is 0 Å². The Morgan fingerprint density at radius 1 is 1.43 bits per heavy atom. The Morgan fingerprint density at radius 3 is 3.00 bits per heavy atom. The number of nitrogens with zero attached hydrogens (tertiary/aromatic N) is 3. The maximum Gasteiger partial charge on any atom is 0.246 e. The number of aromatic nitrogens is 4. The first-order chi connectivity index (χ1) is 10.2. The van der Waals surface area contributed by atoms with Gasteiger partial charge in [0, 0.05) is 5.56 Å². The minimum absolute atomic E-state index is 0.213. The molecule has 1 aliphatic carbocycles. The summed E-state index contributed by atoms with van der Waals surface area (Å²) in [5.74, 6) is 0.686. The fourth-order valence-corrected chi connectivity index (χ4v) is 2.39. The molecule has 2 atom stereocenters. The van der Waals surface area contributed by atoms with E-state index in [0.29, 0.717) is 18.1 Å². The lowest BCUT2D eigenvalue weighted by Crippen LogP contribution is -2.28. The quantitative estimate of drug-likeness (QED) is 0.752. The summed E-state index contributed by atoms with van der Waals surface area (Å²) in [5.41, 5.74) is 3.03. The van der Waals surface area contributed by atoms with E-state index in [4.69, 9.17) is 4.52 Å². The molecule has 21 heavy (non-hydrogen) atoms. The number of benzene rings is 1. The summed E-state index contributed by atoms with van der Waals surface area (Å²) >= 11 is 0. The van der Waals surface area contributed by atoms with Crippen LogP contribution in [-0.2, 0) is 0 Å². The number of rotatable bonds is 3. The van der Waals surface area contributed by atoms with Crippen LogP contribution >= 0.6 is 0 Å². The second-order valence-electron chi connectivity index (χ2n) is 5.33. The van der Waals surface area contributed by atoms with Gasteiger partial charge in [-0.3, -0.25) is 0 Å². The smallest absolute Gasteiger partial charge is 0.246 e. The fourth-order valence-electron chi connectivity index (χ4n) is 2.39. The summed E-state index contributed by atoms with van der Waals surface area (Å²) in [4.78, 5) is 7.33. The van der Waals surface area contributed by atoms with Crippen LogP contribution in [-0.4, -0.2) is 21.3 Å². The molecule has 106 valence electrons. The van der Waals surface area contributed by atoms with Gasteiger partial charge in [0.2, 0.25) is 18.0 Å². The molecule has 1 N–H and O–H groups in total. The third kappa shape index (κ3) is 2.12. The molecule has 6 heteroatoms. The molecule has 4 rings (SSSR count). The van der Waals surface area contributed by atoms with Crippen molar-refractivity contribution in [2.75, 3.05) is 0 Å². The van der Waals surface area contributed by atoms with Crippen molar-refractivity contribution < 1.29 is 13.5 Å². The summed E-state index contributed by atoms with van der Waals surface area (Å²) in [6.45, 7) is 2.04. The Balaban J connectivity index is 1.72. The Morgan fingerprint density at radius 2 is 2.29 bits per heavy atom. The monoisotopic (exact) mass is 285 g/mol. The number of nitrogens with one attached hydrogen (secondary N) is 1. The van der Waals surface area contributed by atoms with Crippen LogP contribution in [0, 0.1) is 6.92 Å². The van der Waals surface area contributed by atoms with E-state index in [1.165, 1.54) is 0 Å². The lowest BCUT2D eigenvalue weighted by atomic mass is 10.1. The topological polar surface area (TPSA) is 58.6 Å². The fraction of sp³-hybridized carbons (Fsp3) is 0.267. The van der Waals surface area contributed by atoms with Gasteiger partial charge in [-0.25, -0.2) is 13.9 Å². The van der Waals surface area contributed by atoms with E-state index >= 15 is 0 Å². The second-order valence-corrected chi connectivity index (χ2v) is 5.33. The van der Waals surface area contributed by atoms with Crippen molar-refractivity contribution in [1.29, 1.82) is 0 Å². The number of aryl methyl sites for hydroxylation is 1. The van der Waals surface area contributed by atoms with E-state index in [1.807, 2.05) is 48.4 Å². The lowest BCUT2D eigenvalue weighted by Gasteiger charge is -2.02. The van der Waals surface area contributed by atoms with Crippen molar-refractivity contribution in [3.05, 3.63) is 48.4 Å². The molecule has 2 aromatic heterocycles. The van der Waals surface area contributed by atoms with Gasteiger partial charge in [0.1, 0.15) is 24.3 Å². The summed E-state index contributed by atoms with van der Waals surface area (Å²) in [6.07, 6.45) is 5.31. The minimum Gasteiger partial charge on any atom is -0.339 e. The van der Waals surface area contributed by atoms with Crippen molar-refractivity contribution in [2.24, 2.45) is 0 Å². The Kier molecular flexibility index (Phi) is 2.63. The van der Waals surface area contributed by atoms with E-state index in [0.717, 1.165) is 16.8 Å². The van der Waals surface area contributed by atoms with Gasteiger partial charge in [-0.05, 0) is 25.0 Å². The normalized spacial score (nSPS) is 20.7. The molecule has 1 fully saturated rings. The molecular formula is C15H14FN4O+. The molecule has 0 saturated heterocycles. The Labute approximate surface area is 120 Å². The molecule has 1 aromatic carbocycles. The third-order valence-corrected chi connectivity index (χ3v) is 3.76. The highest BCUT2D eigenvalue weighted by molar-refractivity contribution is 5.58. The maximum absolute atomic E-state index is 13.0. The van der Waals surface area contributed by atoms with Crippen LogP contribution in [0.1, 0.15) is 23.8 Å². The summed E-state index contributed by atoms with van der Waals surface area (Å²) in [6, 6.07) is 5.95. The molecule has 3 aromatic rings. The maximum atomic E-state index is 13.0. The van der Waals surface area contributed by atoms with Crippen LogP contribution in [0.5, 0.6) is 0 Å². The highest BCUT2D eigenvalue weighted by atomic mass is 19.1. The van der Waals surface area contributed by atoms with Gasteiger partial charge >= 0.3 is 0 Å². The number of imidazole rings is 1. The number of aromatic amines is 1. The molecule has 0 spiro atoms. The molecule has 5 nitrogen and oxygen atoms in total. The molecule has 0 aliphatic heterocycles. The number of H-pyrrole nitrogens is 1. The van der Waals surface area contributed by atoms with E-state index in [9.17, 15) is 4.39 Å². The number of alkyl halides is 1. The molecule has 0 radical (unpaired) electrons. The van der Waals surface area contributed by atoms with Gasteiger partial charge in [-0.2, -0.15) is 4.98 Å². The Bertz CT molecular complexity index is 781. The summed E-state index contributed by atoms with van der Waals surface area (Å²) in [5, 5.41) is 3.96. The zero-order valence-electron chi connectivity index (χ0n) is 11.5. The number of hydrogen-bond donors (Lipinski definition) is 1. The molecule has 2 heterocycles. The Hall–Kier alpha value is -2.50. The van der Waals surface area contributed by atoms with Crippen LogP contribution in [0.15, 0.2) is 41.4 Å². The van der Waals surface area contributed by atoms with Crippen molar-refractivity contribution >= 4 is 0 Å². The standard InChI is InChI=1S/C15H13FN4O/c1-9-2-3-10(6-13(9)20-5-4-17-8-20)14-18-15(21-19-14)11-7-12(11)16/h2-6,8,11-12H,7H2,1H3/p+1/t11-,12-/m1/s1. The van der Waals surface area contributed by atoms with Crippen LogP contribution < -0.4 is 4.57 Å². The third-order valence-electron chi connectivity index (χ3n) is 3.76. The molecule has 0 unspecified atom stereocenters. The van der Waals surface area contributed by atoms with Crippen LogP contribution in [0.3, 0.4) is 0 Å². The largest absolute Gasteiger partial charge is 0.339 e. The molecular weight excluding hydrogens is 271 g/mol. The van der Waals surface area contributed by atoms with Crippen molar-refractivity contribution in [3.8, 4) is 17.1 Å². The highest BCUT2D eigenvalue weighted by Gasteiger charge is 2.43. The van der Waals surface area contributed by atoms with Crippen LogP contribution in [0.4, 0.5) is 4.39 Å². The van der Waals surface area contributed by atoms with Crippen molar-refractivity contribution in [2.45, 2.75) is 25.4 Å². The van der Waals surface area contributed by atoms with Crippen molar-refractivity contribution in [1.82, 2.24) is 15.1 Å². The summed E-state index contributed by atoms with van der Waals surface area (Å²) < 4.78 is 20.2. The highest BCUT2D eigenvalue weighted by Crippen LogP contribution is 2.43. The van der Waals surface area contributed by atoms with Crippen molar-refractivity contribution in [3.63, 3.8) is 0 Å². The van der Waals surface area contributed by atoms with Gasteiger partial charge in [0.05, 0.1) is 5.92 Å². The molecule has 0 amide bonds. The zero-order valence-corrected chi connectivity index (χ0v) is 11.5. The van der Waals surface area contributed by atoms with Gasteiger partial charge in [0.25, 0.3) is 0 Å². The average molecular weight is 285 g/mol. The van der Waals surface area contributed by atoms with Crippen LogP contribution in [0.25, 0.3) is 17.1 Å². The first kappa shape index (κ1) is 12.3. The molecule has 1 saturated carbocycles. The summed E-state index contributed by atoms with van der Waals surface area (Å²) in [7, 11) is 0. The van der Waals surface area contributed by atoms with Crippen LogP contribution in [0.2, 0.25) is 0 Å². The zero-order chi connectivity index (χ0) is 14.4. The first-order valence-corrected chi connectivity index (χ1v) is 6.85. The second kappa shape index (κ2) is 4.51. The predicted molar refractivity (Wildman–Crippen MR) is 72.6 cm³/mol. The number of halogens is 1. The van der Waals surface area contributed by atoms with E-state index in [2.05, 4.69) is 15.1 Å². The lowest BCUT2D eigenvalue weighted by molar-refractivity contribution is -0.594. The van der Waals surface area contributed by atoms with E-state index in [-0.39, 0.29) is 5.92 Å². The van der Waals surface area contributed by atoms with E-state index < -0.39 is 6.17 Å². The number of hydrogen-bond acceptors (Lipinski definition) is 3. The minimum atomic E-state index is -0.831. The van der Waals surface area contributed by atoms with Gasteiger partial charge in [-0.15, -0.1) is 0 Å². The SMILES string of the molecule is Cc1ccc(-c2noc([C@@H]3C[C@H]3F)n2)cc1-[n+]1cc[nH]c1.